The first-order valence-electron chi connectivity index (χ1n) is 4.22. The first-order valence-corrected chi connectivity index (χ1v) is 7.58. The highest BCUT2D eigenvalue weighted by Crippen LogP contribution is 2.58. The molecule has 0 fully saturated rings. The van der Waals surface area contributed by atoms with Crippen molar-refractivity contribution in [2.45, 2.75) is 5.52 Å². The quantitative estimate of drug-likeness (QED) is 0.223. The summed E-state index contributed by atoms with van der Waals surface area (Å²) in [7, 11) is -9.86. The van der Waals surface area contributed by atoms with Gasteiger partial charge in [-0.25, -0.2) is 0 Å². The van der Waals surface area contributed by atoms with Gasteiger partial charge in [0.15, 0.2) is 0 Å². The number of aliphatic hydroxyl groups is 1. The Bertz CT molecular complexity index is 262. The van der Waals surface area contributed by atoms with E-state index in [-0.39, 0.29) is 26.4 Å². The molecular formula is C5H15NO8P2. The Morgan fingerprint density at radius 1 is 1.06 bits per heavy atom. The number of aliphatic hydroxyl groups excluding tert-OH is 1. The SMILES string of the molecule is O=P(O)(O)C(NCCOCCO)P(=O)(O)O. The van der Waals surface area contributed by atoms with Crippen molar-refractivity contribution in [3.63, 3.8) is 0 Å². The van der Waals surface area contributed by atoms with Gasteiger partial charge in [-0.2, -0.15) is 0 Å². The standard InChI is InChI=1S/C5H15NO8P2/c7-2-4-14-3-1-6-5(15(8,9)10)16(11,12)13/h5-7H,1-4H2,(H2,8,9,10)(H2,11,12,13). The van der Waals surface area contributed by atoms with E-state index >= 15 is 0 Å². The van der Waals surface area contributed by atoms with E-state index in [0.717, 1.165) is 0 Å². The molecule has 0 rings (SSSR count). The third kappa shape index (κ3) is 6.70. The van der Waals surface area contributed by atoms with Crippen LogP contribution in [0.2, 0.25) is 0 Å². The molecule has 0 aromatic carbocycles. The van der Waals surface area contributed by atoms with Gasteiger partial charge in [-0.3, -0.25) is 14.4 Å². The topological polar surface area (TPSA) is 157 Å². The van der Waals surface area contributed by atoms with Gasteiger partial charge in [-0.15, -0.1) is 0 Å². The maximum Gasteiger partial charge on any atom is 0.354 e. The molecular weight excluding hydrogens is 264 g/mol. The Hall–Kier alpha value is 0.180. The summed E-state index contributed by atoms with van der Waals surface area (Å²) < 4.78 is 26.3. The van der Waals surface area contributed by atoms with Crippen molar-refractivity contribution < 1.29 is 38.5 Å². The van der Waals surface area contributed by atoms with Gasteiger partial charge in [0.2, 0.25) is 5.52 Å². The van der Waals surface area contributed by atoms with Crippen molar-refractivity contribution in [1.82, 2.24) is 5.32 Å². The lowest BCUT2D eigenvalue weighted by Gasteiger charge is -2.20. The summed E-state index contributed by atoms with van der Waals surface area (Å²) in [5.41, 5.74) is -2.22. The van der Waals surface area contributed by atoms with Crippen LogP contribution < -0.4 is 5.32 Å². The van der Waals surface area contributed by atoms with E-state index in [1.54, 1.807) is 0 Å². The molecule has 0 radical (unpaired) electrons. The maximum atomic E-state index is 10.8. The van der Waals surface area contributed by atoms with Crippen LogP contribution in [0.1, 0.15) is 0 Å². The van der Waals surface area contributed by atoms with Crippen LogP contribution in [0.3, 0.4) is 0 Å². The minimum absolute atomic E-state index is 0.0307. The van der Waals surface area contributed by atoms with Crippen LogP contribution in [-0.2, 0) is 13.9 Å². The van der Waals surface area contributed by atoms with Gasteiger partial charge in [-0.1, -0.05) is 0 Å². The van der Waals surface area contributed by atoms with E-state index in [9.17, 15) is 9.13 Å². The molecule has 0 spiro atoms. The van der Waals surface area contributed by atoms with Crippen molar-refractivity contribution in [3.8, 4) is 0 Å². The zero-order valence-corrected chi connectivity index (χ0v) is 10.0. The molecule has 6 N–H and O–H groups in total. The smallest absolute Gasteiger partial charge is 0.354 e. The Morgan fingerprint density at radius 3 is 1.94 bits per heavy atom. The molecule has 9 nitrogen and oxygen atoms in total. The highest BCUT2D eigenvalue weighted by Gasteiger charge is 2.42. The van der Waals surface area contributed by atoms with E-state index in [0.29, 0.717) is 0 Å². The van der Waals surface area contributed by atoms with E-state index < -0.39 is 20.7 Å². The van der Waals surface area contributed by atoms with Crippen LogP contribution in [0.25, 0.3) is 0 Å². The van der Waals surface area contributed by atoms with Crippen LogP contribution >= 0.6 is 15.2 Å². The monoisotopic (exact) mass is 279 g/mol. The van der Waals surface area contributed by atoms with Gasteiger partial charge in [0.1, 0.15) is 0 Å². The molecule has 0 amide bonds. The molecule has 0 heterocycles. The molecule has 0 atom stereocenters. The molecule has 98 valence electrons. The minimum Gasteiger partial charge on any atom is -0.394 e. The van der Waals surface area contributed by atoms with Crippen molar-refractivity contribution >= 4 is 15.2 Å². The second-order valence-electron chi connectivity index (χ2n) is 2.84. The summed E-state index contributed by atoms with van der Waals surface area (Å²) >= 11 is 0. The van der Waals surface area contributed by atoms with Gasteiger partial charge < -0.3 is 29.4 Å². The van der Waals surface area contributed by atoms with Gasteiger partial charge in [0.25, 0.3) is 0 Å². The third-order valence-electron chi connectivity index (χ3n) is 1.45. The zero-order valence-electron chi connectivity index (χ0n) is 8.26. The van der Waals surface area contributed by atoms with Crippen LogP contribution in [-0.4, -0.2) is 56.6 Å². The molecule has 0 saturated carbocycles. The lowest BCUT2D eigenvalue weighted by molar-refractivity contribution is 0.0937. The van der Waals surface area contributed by atoms with E-state index in [1.165, 1.54) is 0 Å². The van der Waals surface area contributed by atoms with Crippen LogP contribution in [0.15, 0.2) is 0 Å². The molecule has 0 unspecified atom stereocenters. The maximum absolute atomic E-state index is 10.8. The lowest BCUT2D eigenvalue weighted by Crippen LogP contribution is -2.32. The van der Waals surface area contributed by atoms with Crippen molar-refractivity contribution in [1.29, 1.82) is 0 Å². The average Bonchev–Trinajstić information content (AvgIpc) is 2.06. The predicted molar refractivity (Wildman–Crippen MR) is 53.8 cm³/mol. The van der Waals surface area contributed by atoms with Crippen molar-refractivity contribution in [2.24, 2.45) is 0 Å². The second-order valence-corrected chi connectivity index (χ2v) is 6.64. The fraction of sp³-hybridized carbons (Fsp3) is 1.00. The van der Waals surface area contributed by atoms with Gasteiger partial charge in [0.05, 0.1) is 19.8 Å². The highest BCUT2D eigenvalue weighted by atomic mass is 31.2. The number of hydrogen-bond donors (Lipinski definition) is 6. The summed E-state index contributed by atoms with van der Waals surface area (Å²) in [6, 6.07) is 0. The number of hydrogen-bond acceptors (Lipinski definition) is 5. The summed E-state index contributed by atoms with van der Waals surface area (Å²) in [5.74, 6) is 0. The van der Waals surface area contributed by atoms with E-state index in [1.807, 2.05) is 5.32 Å². The number of rotatable bonds is 8. The molecule has 0 aromatic rings. The molecule has 0 aliphatic heterocycles. The fourth-order valence-electron chi connectivity index (χ4n) is 0.861. The molecule has 0 bridgehead atoms. The normalized spacial score (nSPS) is 13.4. The second kappa shape index (κ2) is 6.80. The highest BCUT2D eigenvalue weighted by molar-refractivity contribution is 7.70. The first-order chi connectivity index (χ1) is 7.19. The minimum atomic E-state index is -4.93. The summed E-state index contributed by atoms with van der Waals surface area (Å²) in [5, 5.41) is 10.4. The van der Waals surface area contributed by atoms with Crippen molar-refractivity contribution in [2.75, 3.05) is 26.4 Å². The summed E-state index contributed by atoms with van der Waals surface area (Å²) in [6.07, 6.45) is 0. The average molecular weight is 279 g/mol. The molecule has 0 saturated heterocycles. The lowest BCUT2D eigenvalue weighted by atomic mass is 10.7. The van der Waals surface area contributed by atoms with Crippen LogP contribution in [0.4, 0.5) is 0 Å². The zero-order chi connectivity index (χ0) is 12.8. The summed E-state index contributed by atoms with van der Waals surface area (Å²) in [4.78, 5) is 34.8. The fourth-order valence-corrected chi connectivity index (χ4v) is 3.16. The number of nitrogens with one attached hydrogen (secondary N) is 1. The van der Waals surface area contributed by atoms with Crippen molar-refractivity contribution in [3.05, 3.63) is 0 Å². The first kappa shape index (κ1) is 16.2. The van der Waals surface area contributed by atoms with Gasteiger partial charge in [-0.05, 0) is 0 Å². The Kier molecular flexibility index (Phi) is 6.88. The van der Waals surface area contributed by atoms with E-state index in [2.05, 4.69) is 0 Å². The molecule has 0 aliphatic carbocycles. The van der Waals surface area contributed by atoms with Gasteiger partial charge in [0, 0.05) is 6.54 Å². The Labute approximate surface area is 91.8 Å². The van der Waals surface area contributed by atoms with Crippen LogP contribution in [0.5, 0.6) is 0 Å². The summed E-state index contributed by atoms with van der Waals surface area (Å²) in [6.45, 7) is -0.351. The Morgan fingerprint density at radius 2 is 1.56 bits per heavy atom. The largest absolute Gasteiger partial charge is 0.394 e. The third-order valence-corrected chi connectivity index (χ3v) is 4.89. The number of ether oxygens (including phenoxy) is 1. The van der Waals surface area contributed by atoms with E-state index in [4.69, 9.17) is 29.4 Å². The van der Waals surface area contributed by atoms with Crippen LogP contribution in [0, 0.1) is 0 Å². The van der Waals surface area contributed by atoms with Gasteiger partial charge >= 0.3 is 15.2 Å². The predicted octanol–water partition coefficient (Wildman–Crippen LogP) is -1.78. The molecule has 0 aliphatic rings. The molecule has 11 heteroatoms. The molecule has 0 aromatic heterocycles. The Balaban J connectivity index is 4.17. The molecule has 16 heavy (non-hydrogen) atoms.